The first-order chi connectivity index (χ1) is 11.2. The Morgan fingerprint density at radius 3 is 1.96 bits per heavy atom. The molecule has 4 heteroatoms. The Kier molecular flexibility index (Phi) is 4.34. The van der Waals surface area contributed by atoms with E-state index >= 15 is 0 Å². The van der Waals surface area contributed by atoms with Crippen molar-refractivity contribution in [3.05, 3.63) is 95.8 Å². The van der Waals surface area contributed by atoms with Gasteiger partial charge in [-0.25, -0.2) is 4.39 Å². The standard InChI is InChI=1S/C19H15FN2O/c20-16-10-6-14(7-11-16)19(15-8-12-18(23)13-9-15)22-21-17-4-2-1-3-5-17/h1-13,21,23H/b22-19+. The van der Waals surface area contributed by atoms with Gasteiger partial charge in [-0.2, -0.15) is 5.10 Å². The summed E-state index contributed by atoms with van der Waals surface area (Å²) in [5.41, 5.74) is 6.11. The van der Waals surface area contributed by atoms with Crippen LogP contribution in [0.25, 0.3) is 0 Å². The number of halogens is 1. The van der Waals surface area contributed by atoms with Gasteiger partial charge in [-0.3, -0.25) is 5.43 Å². The quantitative estimate of drug-likeness (QED) is 0.554. The van der Waals surface area contributed by atoms with Crippen LogP contribution in [0.1, 0.15) is 11.1 Å². The monoisotopic (exact) mass is 306 g/mol. The third-order valence-corrected chi connectivity index (χ3v) is 3.33. The van der Waals surface area contributed by atoms with Crippen LogP contribution in [-0.4, -0.2) is 10.8 Å². The molecule has 0 fully saturated rings. The van der Waals surface area contributed by atoms with Crippen LogP contribution in [0.4, 0.5) is 10.1 Å². The third kappa shape index (κ3) is 3.74. The second-order valence-electron chi connectivity index (χ2n) is 4.99. The number of hydrazone groups is 1. The topological polar surface area (TPSA) is 44.6 Å². The number of anilines is 1. The molecule has 3 rings (SSSR count). The van der Waals surface area contributed by atoms with Gasteiger partial charge in [-0.1, -0.05) is 18.2 Å². The fraction of sp³-hybridized carbons (Fsp3) is 0. The Labute approximate surface area is 133 Å². The van der Waals surface area contributed by atoms with Crippen LogP contribution in [0.2, 0.25) is 0 Å². The smallest absolute Gasteiger partial charge is 0.123 e. The van der Waals surface area contributed by atoms with Crippen molar-refractivity contribution in [1.82, 2.24) is 0 Å². The molecule has 0 aromatic heterocycles. The minimum absolute atomic E-state index is 0.184. The zero-order chi connectivity index (χ0) is 16.1. The van der Waals surface area contributed by atoms with Crippen molar-refractivity contribution in [1.29, 1.82) is 0 Å². The average molecular weight is 306 g/mol. The summed E-state index contributed by atoms with van der Waals surface area (Å²) < 4.78 is 13.2. The second-order valence-corrected chi connectivity index (χ2v) is 4.99. The molecule has 0 spiro atoms. The number of para-hydroxylation sites is 1. The molecular formula is C19H15FN2O. The summed E-state index contributed by atoms with van der Waals surface area (Å²) in [6.45, 7) is 0. The molecule has 0 bridgehead atoms. The zero-order valence-corrected chi connectivity index (χ0v) is 12.3. The SMILES string of the molecule is Oc1ccc(/C(=N/Nc2ccccc2)c2ccc(F)cc2)cc1. The molecule has 3 nitrogen and oxygen atoms in total. The van der Waals surface area contributed by atoms with E-state index in [1.165, 1.54) is 12.1 Å². The molecule has 3 aromatic carbocycles. The summed E-state index contributed by atoms with van der Waals surface area (Å²) in [6.07, 6.45) is 0. The van der Waals surface area contributed by atoms with Crippen LogP contribution in [0, 0.1) is 5.82 Å². The molecule has 114 valence electrons. The molecule has 0 saturated heterocycles. The zero-order valence-electron chi connectivity index (χ0n) is 12.3. The van der Waals surface area contributed by atoms with Gasteiger partial charge in [0.25, 0.3) is 0 Å². The first kappa shape index (κ1) is 14.8. The Hall–Kier alpha value is -3.14. The fourth-order valence-electron chi connectivity index (χ4n) is 2.16. The van der Waals surface area contributed by atoms with Gasteiger partial charge >= 0.3 is 0 Å². The van der Waals surface area contributed by atoms with Crippen molar-refractivity contribution in [2.75, 3.05) is 5.43 Å². The molecule has 0 unspecified atom stereocenters. The number of hydrogen-bond donors (Lipinski definition) is 2. The van der Waals surface area contributed by atoms with E-state index in [1.807, 2.05) is 30.3 Å². The van der Waals surface area contributed by atoms with E-state index in [-0.39, 0.29) is 11.6 Å². The molecular weight excluding hydrogens is 291 g/mol. The second kappa shape index (κ2) is 6.75. The molecule has 0 radical (unpaired) electrons. The Balaban J connectivity index is 1.99. The maximum absolute atomic E-state index is 13.2. The number of phenols is 1. The molecule has 3 aromatic rings. The van der Waals surface area contributed by atoms with Crippen molar-refractivity contribution >= 4 is 11.4 Å². The summed E-state index contributed by atoms with van der Waals surface area (Å²) in [5, 5.41) is 13.9. The number of hydrogen-bond acceptors (Lipinski definition) is 3. The van der Waals surface area contributed by atoms with E-state index in [1.54, 1.807) is 36.4 Å². The lowest BCUT2D eigenvalue weighted by Crippen LogP contribution is -2.06. The van der Waals surface area contributed by atoms with Gasteiger partial charge in [0.2, 0.25) is 0 Å². The highest BCUT2D eigenvalue weighted by Crippen LogP contribution is 2.16. The highest BCUT2D eigenvalue weighted by atomic mass is 19.1. The summed E-state index contributed by atoms with van der Waals surface area (Å²) >= 11 is 0. The summed E-state index contributed by atoms with van der Waals surface area (Å²) in [7, 11) is 0. The van der Waals surface area contributed by atoms with Crippen molar-refractivity contribution in [3.8, 4) is 5.75 Å². The average Bonchev–Trinajstić information content (AvgIpc) is 2.59. The lowest BCUT2D eigenvalue weighted by atomic mass is 10.0. The van der Waals surface area contributed by atoms with Gasteiger partial charge in [-0.05, 0) is 60.7 Å². The molecule has 0 aliphatic carbocycles. The highest BCUT2D eigenvalue weighted by Gasteiger charge is 2.08. The van der Waals surface area contributed by atoms with E-state index in [9.17, 15) is 9.50 Å². The van der Waals surface area contributed by atoms with Crippen molar-refractivity contribution in [3.63, 3.8) is 0 Å². The van der Waals surface area contributed by atoms with Gasteiger partial charge in [0.05, 0.1) is 11.4 Å². The first-order valence-corrected chi connectivity index (χ1v) is 7.16. The number of rotatable bonds is 4. The number of benzene rings is 3. The molecule has 0 heterocycles. The Morgan fingerprint density at radius 2 is 1.35 bits per heavy atom. The van der Waals surface area contributed by atoms with Gasteiger partial charge in [-0.15, -0.1) is 0 Å². The van der Waals surface area contributed by atoms with Crippen LogP contribution >= 0.6 is 0 Å². The van der Waals surface area contributed by atoms with E-state index in [0.717, 1.165) is 16.8 Å². The van der Waals surface area contributed by atoms with Crippen LogP contribution < -0.4 is 5.43 Å². The largest absolute Gasteiger partial charge is 0.508 e. The van der Waals surface area contributed by atoms with E-state index in [2.05, 4.69) is 10.5 Å². The van der Waals surface area contributed by atoms with Crippen molar-refractivity contribution < 1.29 is 9.50 Å². The molecule has 0 aliphatic heterocycles. The van der Waals surface area contributed by atoms with E-state index < -0.39 is 0 Å². The third-order valence-electron chi connectivity index (χ3n) is 3.33. The molecule has 2 N–H and O–H groups in total. The van der Waals surface area contributed by atoms with Gasteiger partial charge in [0.1, 0.15) is 11.6 Å². The number of phenolic OH excluding ortho intramolecular Hbond substituents is 1. The lowest BCUT2D eigenvalue weighted by molar-refractivity contribution is 0.475. The maximum atomic E-state index is 13.2. The van der Waals surface area contributed by atoms with Crippen LogP contribution in [0.15, 0.2) is 84.0 Å². The molecule has 0 saturated carbocycles. The normalized spacial score (nSPS) is 11.3. The maximum Gasteiger partial charge on any atom is 0.123 e. The van der Waals surface area contributed by atoms with E-state index in [4.69, 9.17) is 0 Å². The predicted molar refractivity (Wildman–Crippen MR) is 90.2 cm³/mol. The Morgan fingerprint density at radius 1 is 0.783 bits per heavy atom. The van der Waals surface area contributed by atoms with Gasteiger partial charge in [0, 0.05) is 11.1 Å². The summed E-state index contributed by atoms with van der Waals surface area (Å²) in [5.74, 6) is -0.113. The van der Waals surface area contributed by atoms with Crippen LogP contribution in [-0.2, 0) is 0 Å². The van der Waals surface area contributed by atoms with Gasteiger partial charge < -0.3 is 5.11 Å². The summed E-state index contributed by atoms with van der Waals surface area (Å²) in [6, 6.07) is 22.4. The van der Waals surface area contributed by atoms with Crippen molar-refractivity contribution in [2.45, 2.75) is 0 Å². The van der Waals surface area contributed by atoms with E-state index in [0.29, 0.717) is 5.71 Å². The van der Waals surface area contributed by atoms with Crippen LogP contribution in [0.3, 0.4) is 0 Å². The highest BCUT2D eigenvalue weighted by molar-refractivity contribution is 6.13. The number of nitrogens with zero attached hydrogens (tertiary/aromatic N) is 1. The number of aromatic hydroxyl groups is 1. The van der Waals surface area contributed by atoms with Gasteiger partial charge in [0.15, 0.2) is 0 Å². The van der Waals surface area contributed by atoms with Crippen LogP contribution in [0.5, 0.6) is 5.75 Å². The lowest BCUT2D eigenvalue weighted by Gasteiger charge is -2.09. The minimum Gasteiger partial charge on any atom is -0.508 e. The fourth-order valence-corrected chi connectivity index (χ4v) is 2.16. The predicted octanol–water partition coefficient (Wildman–Crippen LogP) is 4.40. The molecule has 23 heavy (non-hydrogen) atoms. The molecule has 0 aliphatic rings. The Bertz CT molecular complexity index is 750. The number of nitrogens with one attached hydrogen (secondary N) is 1. The molecule has 0 amide bonds. The summed E-state index contributed by atoms with van der Waals surface area (Å²) in [4.78, 5) is 0. The molecule has 0 atom stereocenters. The minimum atomic E-state index is -0.296. The first-order valence-electron chi connectivity index (χ1n) is 7.16. The van der Waals surface area contributed by atoms with Crippen molar-refractivity contribution in [2.24, 2.45) is 5.10 Å².